The molecule has 15 heavy (non-hydrogen) atoms. The summed E-state index contributed by atoms with van der Waals surface area (Å²) in [5.41, 5.74) is 1.09. The highest BCUT2D eigenvalue weighted by Crippen LogP contribution is 2.25. The van der Waals surface area contributed by atoms with Crippen LogP contribution >= 0.6 is 23.4 Å². The van der Waals surface area contributed by atoms with Crippen LogP contribution < -0.4 is 5.32 Å². The van der Waals surface area contributed by atoms with Crippen molar-refractivity contribution >= 4 is 23.4 Å². The molecule has 1 aromatic rings. The maximum absolute atomic E-state index is 6.12. The Hall–Kier alpha value is -0.190. The SMILES string of the molecule is CCNC(CCSC)c1c(Cl)cnn1C. The van der Waals surface area contributed by atoms with E-state index in [1.165, 1.54) is 0 Å². The summed E-state index contributed by atoms with van der Waals surface area (Å²) in [6, 6.07) is 0.308. The fourth-order valence-corrected chi connectivity index (χ4v) is 2.40. The van der Waals surface area contributed by atoms with E-state index in [0.29, 0.717) is 6.04 Å². The van der Waals surface area contributed by atoms with Crippen molar-refractivity contribution in [2.24, 2.45) is 7.05 Å². The van der Waals surface area contributed by atoms with Crippen molar-refractivity contribution in [3.05, 3.63) is 16.9 Å². The lowest BCUT2D eigenvalue weighted by Crippen LogP contribution is -2.24. The number of halogens is 1. The number of aryl methyl sites for hydroxylation is 1. The molecule has 0 aliphatic rings. The summed E-state index contributed by atoms with van der Waals surface area (Å²) in [6.45, 7) is 3.05. The van der Waals surface area contributed by atoms with Crippen molar-refractivity contribution in [2.45, 2.75) is 19.4 Å². The first kappa shape index (κ1) is 12.9. The Morgan fingerprint density at radius 1 is 1.67 bits per heavy atom. The minimum atomic E-state index is 0.308. The van der Waals surface area contributed by atoms with Crippen LogP contribution in [0.5, 0.6) is 0 Å². The second-order valence-corrected chi connectivity index (χ2v) is 4.79. The zero-order valence-corrected chi connectivity index (χ0v) is 11.0. The van der Waals surface area contributed by atoms with Crippen molar-refractivity contribution in [2.75, 3.05) is 18.6 Å². The van der Waals surface area contributed by atoms with Crippen LogP contribution in [0.4, 0.5) is 0 Å². The number of hydrogen-bond donors (Lipinski definition) is 1. The molecular weight excluding hydrogens is 230 g/mol. The Morgan fingerprint density at radius 2 is 2.40 bits per heavy atom. The van der Waals surface area contributed by atoms with E-state index >= 15 is 0 Å². The van der Waals surface area contributed by atoms with Crippen LogP contribution in [0.25, 0.3) is 0 Å². The summed E-state index contributed by atoms with van der Waals surface area (Å²) in [7, 11) is 1.94. The van der Waals surface area contributed by atoms with Gasteiger partial charge >= 0.3 is 0 Å². The highest BCUT2D eigenvalue weighted by atomic mass is 35.5. The lowest BCUT2D eigenvalue weighted by molar-refractivity contribution is 0.501. The molecule has 0 aromatic carbocycles. The molecule has 0 aliphatic carbocycles. The molecule has 1 heterocycles. The molecule has 0 bridgehead atoms. The minimum Gasteiger partial charge on any atom is -0.309 e. The molecule has 0 saturated carbocycles. The van der Waals surface area contributed by atoms with Gasteiger partial charge in [-0.2, -0.15) is 16.9 Å². The molecule has 5 heteroatoms. The predicted molar refractivity (Wildman–Crippen MR) is 67.6 cm³/mol. The zero-order valence-electron chi connectivity index (χ0n) is 9.46. The van der Waals surface area contributed by atoms with Crippen LogP contribution in [0.1, 0.15) is 25.1 Å². The third kappa shape index (κ3) is 3.40. The molecule has 3 nitrogen and oxygen atoms in total. The average molecular weight is 248 g/mol. The van der Waals surface area contributed by atoms with Crippen LogP contribution in [-0.2, 0) is 7.05 Å². The Balaban J connectivity index is 2.78. The second kappa shape index (κ2) is 6.40. The van der Waals surface area contributed by atoms with E-state index in [9.17, 15) is 0 Å². The van der Waals surface area contributed by atoms with E-state index in [4.69, 9.17) is 11.6 Å². The van der Waals surface area contributed by atoms with Crippen molar-refractivity contribution in [3.8, 4) is 0 Å². The van der Waals surface area contributed by atoms with Crippen molar-refractivity contribution < 1.29 is 0 Å². The monoisotopic (exact) mass is 247 g/mol. The van der Waals surface area contributed by atoms with Gasteiger partial charge in [0.15, 0.2) is 0 Å². The molecule has 1 aromatic heterocycles. The number of thioether (sulfide) groups is 1. The maximum Gasteiger partial charge on any atom is 0.0834 e. The van der Waals surface area contributed by atoms with Gasteiger partial charge in [0.25, 0.3) is 0 Å². The molecule has 0 aliphatic heterocycles. The summed E-state index contributed by atoms with van der Waals surface area (Å²) < 4.78 is 1.86. The van der Waals surface area contributed by atoms with Gasteiger partial charge in [-0.3, -0.25) is 4.68 Å². The molecule has 1 N–H and O–H groups in total. The highest BCUT2D eigenvalue weighted by Gasteiger charge is 2.17. The van der Waals surface area contributed by atoms with Gasteiger partial charge in [-0.1, -0.05) is 18.5 Å². The summed E-state index contributed by atoms with van der Waals surface area (Å²) in [5.74, 6) is 1.12. The summed E-state index contributed by atoms with van der Waals surface area (Å²) in [6.07, 6.45) is 4.91. The molecule has 0 amide bonds. The van der Waals surface area contributed by atoms with Crippen LogP contribution in [0, 0.1) is 0 Å². The molecular formula is C10H18ClN3S. The van der Waals surface area contributed by atoms with Gasteiger partial charge in [0.1, 0.15) is 0 Å². The smallest absolute Gasteiger partial charge is 0.0834 e. The average Bonchev–Trinajstić information content (AvgIpc) is 2.54. The molecule has 86 valence electrons. The van der Waals surface area contributed by atoms with Gasteiger partial charge in [-0.25, -0.2) is 0 Å². The first-order valence-electron chi connectivity index (χ1n) is 5.10. The zero-order chi connectivity index (χ0) is 11.3. The van der Waals surface area contributed by atoms with Crippen molar-refractivity contribution in [1.29, 1.82) is 0 Å². The van der Waals surface area contributed by atoms with Gasteiger partial charge in [0, 0.05) is 7.05 Å². The molecule has 0 spiro atoms. The molecule has 0 fully saturated rings. The number of nitrogens with one attached hydrogen (secondary N) is 1. The van der Waals surface area contributed by atoms with Crippen LogP contribution in [0.15, 0.2) is 6.20 Å². The molecule has 1 atom stereocenters. The van der Waals surface area contributed by atoms with Crippen LogP contribution in [0.2, 0.25) is 5.02 Å². The van der Waals surface area contributed by atoms with Gasteiger partial charge in [-0.05, 0) is 25.0 Å². The van der Waals surface area contributed by atoms with E-state index in [0.717, 1.165) is 29.4 Å². The second-order valence-electron chi connectivity index (χ2n) is 3.39. The Bertz CT molecular complexity index is 281. The predicted octanol–water partition coefficient (Wildman–Crippen LogP) is 2.48. The fraction of sp³-hybridized carbons (Fsp3) is 0.700. The van der Waals surface area contributed by atoms with Crippen molar-refractivity contribution in [1.82, 2.24) is 15.1 Å². The van der Waals surface area contributed by atoms with Gasteiger partial charge in [0.2, 0.25) is 0 Å². The van der Waals surface area contributed by atoms with Gasteiger partial charge < -0.3 is 5.32 Å². The molecule has 0 radical (unpaired) electrons. The lowest BCUT2D eigenvalue weighted by Gasteiger charge is -2.18. The minimum absolute atomic E-state index is 0.308. The first-order chi connectivity index (χ1) is 7.20. The summed E-state index contributed by atoms with van der Waals surface area (Å²) >= 11 is 7.98. The lowest BCUT2D eigenvalue weighted by atomic mass is 10.1. The van der Waals surface area contributed by atoms with Crippen LogP contribution in [-0.4, -0.2) is 28.3 Å². The van der Waals surface area contributed by atoms with Gasteiger partial charge in [0.05, 0.1) is 23.0 Å². The fourth-order valence-electron chi connectivity index (χ4n) is 1.63. The third-order valence-corrected chi connectivity index (χ3v) is 3.26. The summed E-state index contributed by atoms with van der Waals surface area (Å²) in [4.78, 5) is 0. The first-order valence-corrected chi connectivity index (χ1v) is 6.87. The molecule has 1 unspecified atom stereocenters. The van der Waals surface area contributed by atoms with Crippen LogP contribution in [0.3, 0.4) is 0 Å². The van der Waals surface area contributed by atoms with E-state index in [-0.39, 0.29) is 0 Å². The highest BCUT2D eigenvalue weighted by molar-refractivity contribution is 7.98. The third-order valence-electron chi connectivity index (χ3n) is 2.33. The number of rotatable bonds is 6. The number of hydrogen-bond acceptors (Lipinski definition) is 3. The normalized spacial score (nSPS) is 13.1. The largest absolute Gasteiger partial charge is 0.309 e. The summed E-state index contributed by atoms with van der Waals surface area (Å²) in [5, 5.41) is 8.36. The van der Waals surface area contributed by atoms with E-state index in [1.54, 1.807) is 6.20 Å². The Kier molecular flexibility index (Phi) is 5.50. The standard InChI is InChI=1S/C10H18ClN3S/c1-4-12-9(5-6-15-3)10-8(11)7-13-14(10)2/h7,9,12H,4-6H2,1-3H3. The van der Waals surface area contributed by atoms with E-state index in [2.05, 4.69) is 23.6 Å². The molecule has 0 saturated heterocycles. The quantitative estimate of drug-likeness (QED) is 0.838. The van der Waals surface area contributed by atoms with Gasteiger partial charge in [-0.15, -0.1) is 0 Å². The number of aromatic nitrogens is 2. The Morgan fingerprint density at radius 3 is 2.87 bits per heavy atom. The van der Waals surface area contributed by atoms with E-state index < -0.39 is 0 Å². The topological polar surface area (TPSA) is 29.9 Å². The van der Waals surface area contributed by atoms with Crippen molar-refractivity contribution in [3.63, 3.8) is 0 Å². The Labute approximate surface area is 101 Å². The van der Waals surface area contributed by atoms with E-state index in [1.807, 2.05) is 23.5 Å². The molecule has 1 rings (SSSR count). The number of nitrogens with zero attached hydrogens (tertiary/aromatic N) is 2. The maximum atomic E-state index is 6.12.